The van der Waals surface area contributed by atoms with Gasteiger partial charge in [-0.05, 0) is 114 Å². The van der Waals surface area contributed by atoms with Crippen molar-refractivity contribution in [1.29, 1.82) is 0 Å². The van der Waals surface area contributed by atoms with E-state index in [1.807, 2.05) is 0 Å². The molecule has 0 N–H and O–H groups in total. The van der Waals surface area contributed by atoms with E-state index >= 15 is 0 Å². The molecule has 0 radical (unpaired) electrons. The van der Waals surface area contributed by atoms with Crippen LogP contribution in [0.25, 0.3) is 21.8 Å². The Kier molecular flexibility index (Phi) is 8.14. The van der Waals surface area contributed by atoms with Gasteiger partial charge in [-0.2, -0.15) is 0 Å². The molecule has 5 aromatic carbocycles. The van der Waals surface area contributed by atoms with Crippen molar-refractivity contribution in [3.63, 3.8) is 0 Å². The number of halogens is 5. The van der Waals surface area contributed by atoms with Crippen molar-refractivity contribution in [2.75, 3.05) is 0 Å². The maximum atomic E-state index is 14.3. The third-order valence-electron chi connectivity index (χ3n) is 8.09. The standard InChI is InChI=1S/C35H21Br2F3N2O4S2/c36-22-3-15-33-29(17-22)31(19-41(33)47(43,44)27-11-7-25(39)8-12-27)35(21-1-5-24(38)6-2-21)32-20-42(34-16-4-23(37)18-30(32)34)48(45,46)28-13-9-26(40)10-14-28/h1-20,35H. The summed E-state index contributed by atoms with van der Waals surface area (Å²) in [6, 6.07) is 24.8. The van der Waals surface area contributed by atoms with Gasteiger partial charge in [0.15, 0.2) is 0 Å². The molecule has 0 fully saturated rings. The Balaban J connectivity index is 1.55. The Bertz CT molecular complexity index is 2430. The van der Waals surface area contributed by atoms with E-state index in [-0.39, 0.29) is 9.79 Å². The average Bonchev–Trinajstić information content (AvgIpc) is 3.62. The van der Waals surface area contributed by atoms with Crippen LogP contribution in [0.15, 0.2) is 140 Å². The summed E-state index contributed by atoms with van der Waals surface area (Å²) in [5, 5.41) is 1.03. The predicted molar refractivity (Wildman–Crippen MR) is 185 cm³/mol. The molecule has 2 aromatic heterocycles. The van der Waals surface area contributed by atoms with Gasteiger partial charge in [0, 0.05) is 38.0 Å². The van der Waals surface area contributed by atoms with Gasteiger partial charge in [0.2, 0.25) is 0 Å². The van der Waals surface area contributed by atoms with Crippen LogP contribution in [0.4, 0.5) is 13.2 Å². The van der Waals surface area contributed by atoms with Crippen molar-refractivity contribution >= 4 is 73.7 Å². The summed E-state index contributed by atoms with van der Waals surface area (Å²) in [5.41, 5.74) is 2.12. The molecular formula is C35H21Br2F3N2O4S2. The number of hydrogen-bond donors (Lipinski definition) is 0. The van der Waals surface area contributed by atoms with Crippen LogP contribution < -0.4 is 0 Å². The highest BCUT2D eigenvalue weighted by Gasteiger charge is 2.31. The minimum absolute atomic E-state index is 0.139. The third-order valence-corrected chi connectivity index (χ3v) is 12.5. The zero-order valence-corrected chi connectivity index (χ0v) is 29.2. The normalized spacial score (nSPS) is 12.4. The van der Waals surface area contributed by atoms with Crippen LogP contribution in [0.5, 0.6) is 0 Å². The second kappa shape index (κ2) is 12.1. The van der Waals surface area contributed by atoms with E-state index in [1.165, 1.54) is 48.8 Å². The molecule has 0 unspecified atom stereocenters. The zero-order valence-electron chi connectivity index (χ0n) is 24.4. The minimum Gasteiger partial charge on any atom is -0.241 e. The number of nitrogens with zero attached hydrogens (tertiary/aromatic N) is 2. The first-order valence-electron chi connectivity index (χ1n) is 14.2. The largest absolute Gasteiger partial charge is 0.268 e. The molecule has 0 bridgehead atoms. The van der Waals surface area contributed by atoms with Crippen molar-refractivity contribution < 1.29 is 30.0 Å². The molecule has 0 saturated heterocycles. The van der Waals surface area contributed by atoms with Crippen LogP contribution in [0.3, 0.4) is 0 Å². The molecule has 7 rings (SSSR count). The van der Waals surface area contributed by atoms with Gasteiger partial charge in [-0.1, -0.05) is 44.0 Å². The van der Waals surface area contributed by atoms with Crippen molar-refractivity contribution in [2.45, 2.75) is 15.7 Å². The van der Waals surface area contributed by atoms with Crippen LogP contribution in [-0.4, -0.2) is 24.8 Å². The number of rotatable bonds is 7. The number of hydrogen-bond acceptors (Lipinski definition) is 4. The SMILES string of the molecule is O=S(=O)(c1ccc(F)cc1)n1cc(C(c2ccc(F)cc2)c2cn(S(=O)(=O)c3ccc(F)cc3)c3ccc(Br)cc23)c2cc(Br)ccc21. The van der Waals surface area contributed by atoms with E-state index in [0.717, 1.165) is 32.2 Å². The first-order valence-corrected chi connectivity index (χ1v) is 18.7. The molecule has 13 heteroatoms. The first-order chi connectivity index (χ1) is 22.8. The maximum absolute atomic E-state index is 14.3. The lowest BCUT2D eigenvalue weighted by Gasteiger charge is -2.18. The highest BCUT2D eigenvalue weighted by Crippen LogP contribution is 2.43. The smallest absolute Gasteiger partial charge is 0.241 e. The van der Waals surface area contributed by atoms with E-state index in [9.17, 15) is 30.0 Å². The van der Waals surface area contributed by atoms with Gasteiger partial charge in [0.1, 0.15) is 17.5 Å². The van der Waals surface area contributed by atoms with Crippen molar-refractivity contribution in [2.24, 2.45) is 0 Å². The van der Waals surface area contributed by atoms with Crippen molar-refractivity contribution in [3.05, 3.63) is 165 Å². The quantitative estimate of drug-likeness (QED) is 0.161. The van der Waals surface area contributed by atoms with Crippen LogP contribution in [0.2, 0.25) is 0 Å². The van der Waals surface area contributed by atoms with Gasteiger partial charge < -0.3 is 0 Å². The molecule has 0 saturated carbocycles. The van der Waals surface area contributed by atoms with Crippen LogP contribution in [0, 0.1) is 17.5 Å². The Morgan fingerprint density at radius 1 is 0.500 bits per heavy atom. The maximum Gasteiger partial charge on any atom is 0.268 e. The van der Waals surface area contributed by atoms with Gasteiger partial charge in [-0.15, -0.1) is 0 Å². The van der Waals surface area contributed by atoms with Crippen molar-refractivity contribution in [1.82, 2.24) is 7.94 Å². The first kappa shape index (κ1) is 32.4. The van der Waals surface area contributed by atoms with Crippen molar-refractivity contribution in [3.8, 4) is 0 Å². The molecule has 0 amide bonds. The molecule has 2 heterocycles. The number of benzene rings is 5. The lowest BCUT2D eigenvalue weighted by atomic mass is 9.85. The summed E-state index contributed by atoms with van der Waals surface area (Å²) in [4.78, 5) is -0.279. The third kappa shape index (κ3) is 5.58. The second-order valence-electron chi connectivity index (χ2n) is 11.0. The molecule has 48 heavy (non-hydrogen) atoms. The van der Waals surface area contributed by atoms with Crippen LogP contribution >= 0.6 is 31.9 Å². The van der Waals surface area contributed by atoms with Gasteiger partial charge in [0.25, 0.3) is 20.0 Å². The topological polar surface area (TPSA) is 78.1 Å². The summed E-state index contributed by atoms with van der Waals surface area (Å²) in [6.45, 7) is 0. The molecule has 0 atom stereocenters. The lowest BCUT2D eigenvalue weighted by molar-refractivity contribution is 0.586. The summed E-state index contributed by atoms with van der Waals surface area (Å²) in [5.74, 6) is -2.50. The highest BCUT2D eigenvalue weighted by atomic mass is 79.9. The Morgan fingerprint density at radius 3 is 1.23 bits per heavy atom. The molecule has 242 valence electrons. The van der Waals surface area contributed by atoms with E-state index < -0.39 is 43.4 Å². The van der Waals surface area contributed by atoms with Crippen LogP contribution in [0.1, 0.15) is 22.6 Å². The van der Waals surface area contributed by atoms with Gasteiger partial charge >= 0.3 is 0 Å². The van der Waals surface area contributed by atoms with E-state index in [2.05, 4.69) is 31.9 Å². The fourth-order valence-corrected chi connectivity index (χ4v) is 9.35. The predicted octanol–water partition coefficient (Wildman–Crippen LogP) is 9.19. The zero-order chi connectivity index (χ0) is 34.0. The minimum atomic E-state index is -4.25. The van der Waals surface area contributed by atoms with Crippen LogP contribution in [-0.2, 0) is 20.0 Å². The van der Waals surface area contributed by atoms with Gasteiger partial charge in [0.05, 0.1) is 20.8 Å². The van der Waals surface area contributed by atoms with E-state index in [1.54, 1.807) is 48.5 Å². The summed E-state index contributed by atoms with van der Waals surface area (Å²) in [7, 11) is -8.50. The summed E-state index contributed by atoms with van der Waals surface area (Å²) < 4.78 is 101. The molecular weight excluding hydrogens is 793 g/mol. The Morgan fingerprint density at radius 2 is 0.854 bits per heavy atom. The number of fused-ring (bicyclic) bond motifs is 2. The van der Waals surface area contributed by atoms with E-state index in [4.69, 9.17) is 0 Å². The molecule has 0 aliphatic carbocycles. The molecule has 0 aliphatic heterocycles. The Hall–Kier alpha value is -4.17. The molecule has 0 spiro atoms. The second-order valence-corrected chi connectivity index (χ2v) is 16.4. The summed E-state index contributed by atoms with van der Waals surface area (Å²) >= 11 is 6.99. The van der Waals surface area contributed by atoms with Gasteiger partial charge in [-0.3, -0.25) is 0 Å². The molecule has 0 aliphatic rings. The summed E-state index contributed by atoms with van der Waals surface area (Å²) in [6.07, 6.45) is 2.92. The lowest BCUT2D eigenvalue weighted by Crippen LogP contribution is -2.12. The number of aromatic nitrogens is 2. The average molecular weight is 814 g/mol. The monoisotopic (exact) mass is 812 g/mol. The fraction of sp³-hybridized carbons (Fsp3) is 0.0286. The highest BCUT2D eigenvalue weighted by molar-refractivity contribution is 9.10. The van der Waals surface area contributed by atoms with E-state index in [0.29, 0.717) is 47.4 Å². The molecule has 6 nitrogen and oxygen atoms in total. The fourth-order valence-electron chi connectivity index (χ4n) is 5.87. The Labute approximate surface area is 290 Å². The van der Waals surface area contributed by atoms with Gasteiger partial charge in [-0.25, -0.2) is 38.0 Å². The molecule has 7 aromatic rings.